The molecule has 0 bridgehead atoms. The van der Waals surface area contributed by atoms with Crippen LogP contribution >= 0.6 is 15.9 Å². The lowest BCUT2D eigenvalue weighted by Crippen LogP contribution is -1.97. The van der Waals surface area contributed by atoms with Crippen molar-refractivity contribution in [2.75, 3.05) is 11.9 Å². The highest BCUT2D eigenvalue weighted by Gasteiger charge is 2.00. The fourth-order valence-corrected chi connectivity index (χ4v) is 2.06. The van der Waals surface area contributed by atoms with Gasteiger partial charge in [0.15, 0.2) is 5.78 Å². The van der Waals surface area contributed by atoms with Crippen LogP contribution in [0.4, 0.5) is 5.69 Å². The van der Waals surface area contributed by atoms with E-state index >= 15 is 0 Å². The number of halogens is 1. The lowest BCUT2D eigenvalue weighted by Gasteiger charge is -2.05. The zero-order valence-corrected chi connectivity index (χ0v) is 14.0. The molecular formula is C18H18BrNO2. The quantitative estimate of drug-likeness (QED) is 0.555. The molecule has 0 spiro atoms. The average molecular weight is 360 g/mol. The molecule has 3 nitrogen and oxygen atoms in total. The molecule has 2 rings (SSSR count). The molecule has 2 aromatic rings. The summed E-state index contributed by atoms with van der Waals surface area (Å²) < 4.78 is 6.47. The Morgan fingerprint density at radius 2 is 1.82 bits per heavy atom. The van der Waals surface area contributed by atoms with Gasteiger partial charge in [-0.2, -0.15) is 0 Å². The van der Waals surface area contributed by atoms with E-state index in [-0.39, 0.29) is 5.78 Å². The lowest BCUT2D eigenvalue weighted by molar-refractivity contribution is 0.104. The Morgan fingerprint density at radius 1 is 1.14 bits per heavy atom. The van der Waals surface area contributed by atoms with Crippen molar-refractivity contribution in [1.82, 2.24) is 0 Å². The van der Waals surface area contributed by atoms with Gasteiger partial charge in [0, 0.05) is 28.0 Å². The van der Waals surface area contributed by atoms with E-state index in [0.29, 0.717) is 12.2 Å². The predicted octanol–water partition coefficient (Wildman–Crippen LogP) is 5.05. The normalized spacial score (nSPS) is 10.6. The Kier molecular flexibility index (Phi) is 6.22. The van der Waals surface area contributed by atoms with E-state index in [2.05, 4.69) is 28.2 Å². The van der Waals surface area contributed by atoms with E-state index in [0.717, 1.165) is 22.3 Å². The Balaban J connectivity index is 1.88. The van der Waals surface area contributed by atoms with E-state index in [1.165, 1.54) is 6.08 Å². The van der Waals surface area contributed by atoms with Crippen LogP contribution in [0.2, 0.25) is 0 Å². The second-order valence-electron chi connectivity index (χ2n) is 4.72. The molecule has 0 unspecified atom stereocenters. The van der Waals surface area contributed by atoms with E-state index in [1.54, 1.807) is 18.3 Å². The van der Waals surface area contributed by atoms with Gasteiger partial charge in [-0.15, -0.1) is 0 Å². The van der Waals surface area contributed by atoms with E-state index < -0.39 is 0 Å². The van der Waals surface area contributed by atoms with Crippen LogP contribution in [-0.4, -0.2) is 12.4 Å². The first kappa shape index (κ1) is 16.3. The number of hydrogen-bond acceptors (Lipinski definition) is 3. The van der Waals surface area contributed by atoms with Gasteiger partial charge in [-0.25, -0.2) is 0 Å². The van der Waals surface area contributed by atoms with Crippen molar-refractivity contribution < 1.29 is 9.53 Å². The first-order chi connectivity index (χ1) is 10.7. The van der Waals surface area contributed by atoms with Crippen LogP contribution < -0.4 is 10.1 Å². The van der Waals surface area contributed by atoms with Crippen molar-refractivity contribution in [3.63, 3.8) is 0 Å². The van der Waals surface area contributed by atoms with Crippen LogP contribution in [-0.2, 0) is 0 Å². The number of allylic oxidation sites excluding steroid dienone is 1. The maximum absolute atomic E-state index is 12.0. The molecular weight excluding hydrogens is 342 g/mol. The summed E-state index contributed by atoms with van der Waals surface area (Å²) >= 11 is 3.35. The third-order valence-electron chi connectivity index (χ3n) is 2.94. The number of rotatable bonds is 7. The maximum Gasteiger partial charge on any atom is 0.187 e. The van der Waals surface area contributed by atoms with Gasteiger partial charge in [-0.1, -0.05) is 22.9 Å². The minimum atomic E-state index is -0.0390. The van der Waals surface area contributed by atoms with Crippen LogP contribution in [0.15, 0.2) is 65.3 Å². The number of carbonyl (C=O) groups excluding carboxylic acids is 1. The van der Waals surface area contributed by atoms with E-state index in [4.69, 9.17) is 4.74 Å². The van der Waals surface area contributed by atoms with Gasteiger partial charge in [0.25, 0.3) is 0 Å². The Hall–Kier alpha value is -2.07. The Morgan fingerprint density at radius 3 is 2.45 bits per heavy atom. The minimum absolute atomic E-state index is 0.0390. The van der Waals surface area contributed by atoms with Gasteiger partial charge < -0.3 is 10.1 Å². The summed E-state index contributed by atoms with van der Waals surface area (Å²) in [4.78, 5) is 12.0. The van der Waals surface area contributed by atoms with Crippen molar-refractivity contribution in [2.24, 2.45) is 0 Å². The first-order valence-corrected chi connectivity index (χ1v) is 7.94. The Bertz CT molecular complexity index is 633. The molecule has 0 fully saturated rings. The maximum atomic E-state index is 12.0. The van der Waals surface area contributed by atoms with Crippen LogP contribution in [0.3, 0.4) is 0 Å². The third-order valence-corrected chi connectivity index (χ3v) is 3.47. The summed E-state index contributed by atoms with van der Waals surface area (Å²) in [6.07, 6.45) is 4.15. The number of anilines is 1. The molecule has 0 saturated heterocycles. The molecule has 0 amide bonds. The monoisotopic (exact) mass is 359 g/mol. The second kappa shape index (κ2) is 8.39. The molecule has 4 heteroatoms. The van der Waals surface area contributed by atoms with Crippen molar-refractivity contribution in [3.05, 3.63) is 70.8 Å². The van der Waals surface area contributed by atoms with Gasteiger partial charge >= 0.3 is 0 Å². The fourth-order valence-electron chi connectivity index (χ4n) is 1.79. The van der Waals surface area contributed by atoms with Crippen LogP contribution in [0.1, 0.15) is 23.7 Å². The van der Waals surface area contributed by atoms with Gasteiger partial charge in [0.2, 0.25) is 0 Å². The lowest BCUT2D eigenvalue weighted by atomic mass is 10.1. The van der Waals surface area contributed by atoms with Crippen molar-refractivity contribution >= 4 is 27.4 Å². The van der Waals surface area contributed by atoms with Crippen molar-refractivity contribution in [3.8, 4) is 5.75 Å². The fraction of sp³-hybridized carbons (Fsp3) is 0.167. The van der Waals surface area contributed by atoms with Gasteiger partial charge in [-0.3, -0.25) is 4.79 Å². The molecule has 0 aliphatic carbocycles. The highest BCUT2D eigenvalue weighted by atomic mass is 79.9. The van der Waals surface area contributed by atoms with Gasteiger partial charge in [-0.05, 0) is 55.0 Å². The zero-order chi connectivity index (χ0) is 15.8. The van der Waals surface area contributed by atoms with Gasteiger partial charge in [0.1, 0.15) is 5.75 Å². The van der Waals surface area contributed by atoms with Crippen LogP contribution in [0, 0.1) is 0 Å². The third kappa shape index (κ3) is 5.04. The van der Waals surface area contributed by atoms with E-state index in [9.17, 15) is 4.79 Å². The SMILES string of the molecule is CCCOc1ccc(N/C=C/C(=O)c2ccc(Br)cc2)cc1. The standard InChI is InChI=1S/C18H18BrNO2/c1-2-13-22-17-9-7-16(8-10-17)20-12-11-18(21)14-3-5-15(19)6-4-14/h3-12,20H,2,13H2,1H3/b12-11+. The number of ether oxygens (including phenoxy) is 1. The number of carbonyl (C=O) groups is 1. The van der Waals surface area contributed by atoms with Crippen molar-refractivity contribution in [2.45, 2.75) is 13.3 Å². The molecule has 0 radical (unpaired) electrons. The summed E-state index contributed by atoms with van der Waals surface area (Å²) in [7, 11) is 0. The molecule has 0 aliphatic heterocycles. The molecule has 2 aromatic carbocycles. The highest BCUT2D eigenvalue weighted by molar-refractivity contribution is 9.10. The van der Waals surface area contributed by atoms with Crippen LogP contribution in [0.5, 0.6) is 5.75 Å². The Labute approximate surface area is 139 Å². The van der Waals surface area contributed by atoms with E-state index in [1.807, 2.05) is 36.4 Å². The zero-order valence-electron chi connectivity index (χ0n) is 12.4. The molecule has 22 heavy (non-hydrogen) atoms. The topological polar surface area (TPSA) is 38.3 Å². The summed E-state index contributed by atoms with van der Waals surface area (Å²) in [5.41, 5.74) is 1.56. The molecule has 0 aromatic heterocycles. The smallest absolute Gasteiger partial charge is 0.187 e. The summed E-state index contributed by atoms with van der Waals surface area (Å²) in [5.74, 6) is 0.810. The minimum Gasteiger partial charge on any atom is -0.494 e. The number of hydrogen-bond donors (Lipinski definition) is 1. The number of ketones is 1. The molecule has 0 heterocycles. The molecule has 0 aliphatic rings. The predicted molar refractivity (Wildman–Crippen MR) is 93.5 cm³/mol. The second-order valence-corrected chi connectivity index (χ2v) is 5.64. The molecule has 0 saturated carbocycles. The first-order valence-electron chi connectivity index (χ1n) is 7.15. The molecule has 114 valence electrons. The van der Waals surface area contributed by atoms with Crippen LogP contribution in [0.25, 0.3) is 0 Å². The molecule has 1 N–H and O–H groups in total. The summed E-state index contributed by atoms with van der Waals surface area (Å²) in [6.45, 7) is 2.79. The molecule has 0 atom stereocenters. The average Bonchev–Trinajstić information content (AvgIpc) is 2.54. The highest BCUT2D eigenvalue weighted by Crippen LogP contribution is 2.16. The number of nitrogens with one attached hydrogen (secondary N) is 1. The summed E-state index contributed by atoms with van der Waals surface area (Å²) in [6, 6.07) is 14.9. The number of benzene rings is 2. The largest absolute Gasteiger partial charge is 0.494 e. The summed E-state index contributed by atoms with van der Waals surface area (Å²) in [5, 5.41) is 3.07. The van der Waals surface area contributed by atoms with Gasteiger partial charge in [0.05, 0.1) is 6.61 Å². The van der Waals surface area contributed by atoms with Crippen molar-refractivity contribution in [1.29, 1.82) is 0 Å².